The predicted molar refractivity (Wildman–Crippen MR) is 85.1 cm³/mol. The molecule has 1 saturated carbocycles. The third kappa shape index (κ3) is 6.58. The number of hydrogen-bond acceptors (Lipinski definition) is 3. The van der Waals surface area contributed by atoms with E-state index in [0.717, 1.165) is 18.4 Å². The van der Waals surface area contributed by atoms with Crippen LogP contribution in [0.5, 0.6) is 0 Å². The first-order valence-electron chi connectivity index (χ1n) is 7.70. The molecular weight excluding hydrogens is 302 g/mol. The highest BCUT2D eigenvalue weighted by molar-refractivity contribution is 7.89. The number of benzene rings is 1. The van der Waals surface area contributed by atoms with Crippen LogP contribution in [0.15, 0.2) is 30.3 Å². The minimum Gasteiger partial charge on any atom is -0.481 e. The zero-order valence-corrected chi connectivity index (χ0v) is 13.4. The van der Waals surface area contributed by atoms with Gasteiger partial charge in [0.25, 0.3) is 0 Å². The van der Waals surface area contributed by atoms with E-state index in [4.69, 9.17) is 5.11 Å². The Kier molecular flexibility index (Phi) is 5.97. The van der Waals surface area contributed by atoms with Gasteiger partial charge in [-0.25, -0.2) is 13.1 Å². The molecule has 0 aliphatic heterocycles. The van der Waals surface area contributed by atoms with E-state index in [9.17, 15) is 13.2 Å². The van der Waals surface area contributed by atoms with Crippen LogP contribution < -0.4 is 4.72 Å². The van der Waals surface area contributed by atoms with Crippen LogP contribution >= 0.6 is 0 Å². The van der Waals surface area contributed by atoms with Gasteiger partial charge in [0.15, 0.2) is 0 Å². The molecule has 0 heterocycles. The maximum absolute atomic E-state index is 12.1. The fourth-order valence-electron chi connectivity index (χ4n) is 2.44. The van der Waals surface area contributed by atoms with Gasteiger partial charge in [-0.1, -0.05) is 43.2 Å². The smallest absolute Gasteiger partial charge is 0.303 e. The van der Waals surface area contributed by atoms with Crippen LogP contribution in [0.25, 0.3) is 0 Å². The molecule has 0 aromatic heterocycles. The number of hydrogen-bond donors (Lipinski definition) is 2. The highest BCUT2D eigenvalue weighted by atomic mass is 32.2. The second kappa shape index (κ2) is 7.74. The van der Waals surface area contributed by atoms with Gasteiger partial charge in [-0.3, -0.25) is 4.79 Å². The third-order valence-corrected chi connectivity index (χ3v) is 5.34. The fraction of sp³-hybridized carbons (Fsp3) is 0.562. The minimum absolute atomic E-state index is 0.0390. The van der Waals surface area contributed by atoms with Crippen molar-refractivity contribution in [3.8, 4) is 0 Å². The average molecular weight is 325 g/mol. The van der Waals surface area contributed by atoms with Gasteiger partial charge >= 0.3 is 5.97 Å². The molecular formula is C16H23NO4S. The van der Waals surface area contributed by atoms with Crippen LogP contribution in [0.4, 0.5) is 0 Å². The molecule has 0 amide bonds. The second-order valence-electron chi connectivity index (χ2n) is 5.99. The molecule has 0 spiro atoms. The first kappa shape index (κ1) is 17.0. The number of rotatable bonds is 10. The molecule has 0 bridgehead atoms. The summed E-state index contributed by atoms with van der Waals surface area (Å²) in [5, 5.41) is 8.83. The first-order valence-corrected chi connectivity index (χ1v) is 9.35. The Bertz CT molecular complexity index is 581. The summed E-state index contributed by atoms with van der Waals surface area (Å²) in [6, 6.07) is 9.16. The summed E-state index contributed by atoms with van der Waals surface area (Å²) in [5.74, 6) is -0.214. The molecule has 1 aromatic carbocycles. The highest BCUT2D eigenvalue weighted by Gasteiger charge is 2.25. The Labute approximate surface area is 131 Å². The molecule has 22 heavy (non-hydrogen) atoms. The van der Waals surface area contributed by atoms with E-state index in [1.807, 2.05) is 30.3 Å². The van der Waals surface area contributed by atoms with Crippen molar-refractivity contribution >= 4 is 16.0 Å². The summed E-state index contributed by atoms with van der Waals surface area (Å²) >= 11 is 0. The van der Waals surface area contributed by atoms with Crippen molar-refractivity contribution in [2.75, 3.05) is 5.75 Å². The van der Waals surface area contributed by atoms with Gasteiger partial charge in [0, 0.05) is 12.5 Å². The van der Waals surface area contributed by atoms with Gasteiger partial charge < -0.3 is 5.11 Å². The summed E-state index contributed by atoms with van der Waals surface area (Å²) in [5.41, 5.74) is 1.00. The Hall–Kier alpha value is -1.40. The van der Waals surface area contributed by atoms with Crippen molar-refractivity contribution in [2.45, 2.75) is 44.6 Å². The summed E-state index contributed by atoms with van der Waals surface area (Å²) in [6.45, 7) is 0. The minimum atomic E-state index is -3.35. The van der Waals surface area contributed by atoms with Crippen molar-refractivity contribution in [1.82, 2.24) is 4.72 Å². The van der Waals surface area contributed by atoms with E-state index in [2.05, 4.69) is 4.72 Å². The zero-order chi connectivity index (χ0) is 16.0. The van der Waals surface area contributed by atoms with Crippen LogP contribution in [-0.4, -0.2) is 31.3 Å². The first-order chi connectivity index (χ1) is 10.4. The zero-order valence-electron chi connectivity index (χ0n) is 12.6. The van der Waals surface area contributed by atoms with Crippen LogP contribution in [0.1, 0.15) is 37.7 Å². The molecule has 1 aromatic rings. The largest absolute Gasteiger partial charge is 0.481 e. The SMILES string of the molecule is O=C(O)CCC(Cc1ccccc1)NS(=O)(=O)CCC1CC1. The maximum Gasteiger partial charge on any atom is 0.303 e. The molecule has 6 heteroatoms. The van der Waals surface area contributed by atoms with Crippen LogP contribution in [0.3, 0.4) is 0 Å². The lowest BCUT2D eigenvalue weighted by Gasteiger charge is -2.18. The highest BCUT2D eigenvalue weighted by Crippen LogP contribution is 2.32. The standard InChI is InChI=1S/C16H23NO4S/c18-16(19)9-8-15(12-14-4-2-1-3-5-14)17-22(20,21)11-10-13-6-7-13/h1-5,13,15,17H,6-12H2,(H,18,19). The van der Waals surface area contributed by atoms with E-state index in [-0.39, 0.29) is 18.2 Å². The van der Waals surface area contributed by atoms with Crippen molar-refractivity contribution < 1.29 is 18.3 Å². The molecule has 1 atom stereocenters. The topological polar surface area (TPSA) is 83.5 Å². The van der Waals surface area contributed by atoms with E-state index >= 15 is 0 Å². The fourth-order valence-corrected chi connectivity index (χ4v) is 3.91. The Morgan fingerprint density at radius 1 is 1.27 bits per heavy atom. The third-order valence-electron chi connectivity index (χ3n) is 3.87. The molecule has 122 valence electrons. The van der Waals surface area contributed by atoms with Crippen LogP contribution in [0.2, 0.25) is 0 Å². The number of sulfonamides is 1. The molecule has 1 unspecified atom stereocenters. The lowest BCUT2D eigenvalue weighted by Crippen LogP contribution is -2.38. The van der Waals surface area contributed by atoms with Crippen molar-refractivity contribution in [3.63, 3.8) is 0 Å². The van der Waals surface area contributed by atoms with Gasteiger partial charge in [0.1, 0.15) is 0 Å². The van der Waals surface area contributed by atoms with Crippen molar-refractivity contribution in [3.05, 3.63) is 35.9 Å². The number of aliphatic carboxylic acids is 1. The van der Waals surface area contributed by atoms with Gasteiger partial charge in [-0.2, -0.15) is 0 Å². The number of carboxylic acids is 1. The molecule has 5 nitrogen and oxygen atoms in total. The molecule has 1 aliphatic rings. The number of carbonyl (C=O) groups is 1. The van der Waals surface area contributed by atoms with E-state index < -0.39 is 16.0 Å². The summed E-state index contributed by atoms with van der Waals surface area (Å²) in [6.07, 6.45) is 3.72. The van der Waals surface area contributed by atoms with Gasteiger partial charge in [0.2, 0.25) is 10.0 Å². The van der Waals surface area contributed by atoms with E-state index in [0.29, 0.717) is 25.2 Å². The molecule has 2 rings (SSSR count). The lowest BCUT2D eigenvalue weighted by atomic mass is 10.0. The Morgan fingerprint density at radius 3 is 2.55 bits per heavy atom. The summed E-state index contributed by atoms with van der Waals surface area (Å²) in [7, 11) is -3.35. The molecule has 0 saturated heterocycles. The average Bonchev–Trinajstić information content (AvgIpc) is 3.28. The number of nitrogens with one attached hydrogen (secondary N) is 1. The molecule has 0 radical (unpaired) electrons. The van der Waals surface area contributed by atoms with E-state index in [1.165, 1.54) is 0 Å². The maximum atomic E-state index is 12.1. The predicted octanol–water partition coefficient (Wildman–Crippen LogP) is 2.18. The molecule has 2 N–H and O–H groups in total. The van der Waals surface area contributed by atoms with E-state index in [1.54, 1.807) is 0 Å². The monoisotopic (exact) mass is 325 g/mol. The lowest BCUT2D eigenvalue weighted by molar-refractivity contribution is -0.137. The van der Waals surface area contributed by atoms with Crippen molar-refractivity contribution in [1.29, 1.82) is 0 Å². The Balaban J connectivity index is 1.94. The van der Waals surface area contributed by atoms with Crippen LogP contribution in [-0.2, 0) is 21.2 Å². The van der Waals surface area contributed by atoms with Gasteiger partial charge in [-0.05, 0) is 30.7 Å². The number of carboxylic acid groups (broad SMARTS) is 1. The quantitative estimate of drug-likeness (QED) is 0.690. The van der Waals surface area contributed by atoms with Gasteiger partial charge in [0.05, 0.1) is 5.75 Å². The van der Waals surface area contributed by atoms with Crippen molar-refractivity contribution in [2.24, 2.45) is 5.92 Å². The summed E-state index contributed by atoms with van der Waals surface area (Å²) < 4.78 is 27.0. The second-order valence-corrected chi connectivity index (χ2v) is 7.86. The molecule has 1 fully saturated rings. The van der Waals surface area contributed by atoms with Gasteiger partial charge in [-0.15, -0.1) is 0 Å². The summed E-state index contributed by atoms with van der Waals surface area (Å²) in [4.78, 5) is 10.8. The normalized spacial score (nSPS) is 16.4. The Morgan fingerprint density at radius 2 is 1.95 bits per heavy atom. The molecule has 1 aliphatic carbocycles. The van der Waals surface area contributed by atoms with Crippen LogP contribution in [0, 0.1) is 5.92 Å².